The van der Waals surface area contributed by atoms with Gasteiger partial charge in [0.05, 0.1) is 11.0 Å². The van der Waals surface area contributed by atoms with Crippen LogP contribution in [0.4, 0.5) is 0 Å². The minimum Gasteiger partial charge on any atom is -0.420 e. The van der Waals surface area contributed by atoms with Crippen molar-refractivity contribution in [1.29, 1.82) is 0 Å². The van der Waals surface area contributed by atoms with E-state index in [-0.39, 0.29) is 17.4 Å². The van der Waals surface area contributed by atoms with Crippen LogP contribution in [-0.4, -0.2) is 18.9 Å². The molecule has 0 spiro atoms. The Bertz CT molecular complexity index is 847. The first-order valence-electron chi connectivity index (χ1n) is 8.63. The molecule has 0 aliphatic heterocycles. The maximum Gasteiger partial charge on any atom is 0.234 e. The fourth-order valence-corrected chi connectivity index (χ4v) is 8.81. The van der Waals surface area contributed by atoms with E-state index >= 15 is 0 Å². The standard InChI is InChI=1S/C19H28O3S3Si/c1-12(2)17-15(11-16(23-17)18(22-26)19(4,5)6)24-25(20,21)14-9-7-13(3)8-10-14/h7-12,18H,1-6,26H3. The fraction of sp³-hybridized carbons (Fsp3) is 0.474. The van der Waals surface area contributed by atoms with Crippen molar-refractivity contribution < 1.29 is 12.8 Å². The molecule has 1 aromatic carbocycles. The summed E-state index contributed by atoms with van der Waals surface area (Å²) in [6, 6.07) is 9.05. The fourth-order valence-electron chi connectivity index (χ4n) is 2.77. The first kappa shape index (κ1) is 21.7. The molecule has 1 atom stereocenters. The van der Waals surface area contributed by atoms with E-state index in [0.29, 0.717) is 15.4 Å². The van der Waals surface area contributed by atoms with Gasteiger partial charge in [-0.15, -0.1) is 11.3 Å². The van der Waals surface area contributed by atoms with E-state index in [9.17, 15) is 8.42 Å². The summed E-state index contributed by atoms with van der Waals surface area (Å²) < 4.78 is 31.6. The Kier molecular flexibility index (Phi) is 6.83. The topological polar surface area (TPSA) is 43.4 Å². The van der Waals surface area contributed by atoms with Gasteiger partial charge in [-0.05, 0) is 36.5 Å². The molecule has 7 heteroatoms. The van der Waals surface area contributed by atoms with Gasteiger partial charge in [-0.25, -0.2) is 8.42 Å². The summed E-state index contributed by atoms with van der Waals surface area (Å²) in [5, 5.41) is 0. The van der Waals surface area contributed by atoms with E-state index in [1.807, 2.05) is 25.1 Å². The third-order valence-corrected chi connectivity index (χ3v) is 9.50. The molecule has 1 unspecified atom stereocenters. The van der Waals surface area contributed by atoms with Crippen LogP contribution in [-0.2, 0) is 13.3 Å². The molecule has 144 valence electrons. The zero-order chi connectivity index (χ0) is 19.7. The van der Waals surface area contributed by atoms with Crippen LogP contribution in [0.1, 0.15) is 62.0 Å². The van der Waals surface area contributed by atoms with Crippen LogP contribution in [0, 0.1) is 12.3 Å². The summed E-state index contributed by atoms with van der Waals surface area (Å²) in [5.41, 5.74) is 1.02. The summed E-state index contributed by atoms with van der Waals surface area (Å²) in [4.78, 5) is 3.39. The molecule has 0 radical (unpaired) electrons. The Hall–Kier alpha value is -0.603. The first-order valence-corrected chi connectivity index (χ1v) is 13.1. The van der Waals surface area contributed by atoms with Crippen molar-refractivity contribution in [2.45, 2.75) is 63.4 Å². The van der Waals surface area contributed by atoms with Crippen molar-refractivity contribution in [3.05, 3.63) is 45.6 Å². The minimum absolute atomic E-state index is 0.00639. The Morgan fingerprint density at radius 2 is 1.73 bits per heavy atom. The second kappa shape index (κ2) is 8.18. The molecule has 0 amide bonds. The van der Waals surface area contributed by atoms with Gasteiger partial charge in [0.15, 0.2) is 0 Å². The average Bonchev–Trinajstić information content (AvgIpc) is 2.89. The smallest absolute Gasteiger partial charge is 0.234 e. The zero-order valence-electron chi connectivity index (χ0n) is 16.5. The third kappa shape index (κ3) is 5.01. The van der Waals surface area contributed by atoms with Crippen LogP contribution >= 0.6 is 22.1 Å². The van der Waals surface area contributed by atoms with Gasteiger partial charge >= 0.3 is 0 Å². The molecular formula is C19H28O3S3Si. The van der Waals surface area contributed by atoms with Gasteiger partial charge in [0.25, 0.3) is 0 Å². The van der Waals surface area contributed by atoms with Gasteiger partial charge in [0.1, 0.15) is 10.5 Å². The molecule has 2 rings (SSSR count). The lowest BCUT2D eigenvalue weighted by Gasteiger charge is -2.29. The lowest BCUT2D eigenvalue weighted by atomic mass is 9.88. The summed E-state index contributed by atoms with van der Waals surface area (Å²) >= 11 is 1.68. The normalized spacial score (nSPS) is 14.1. The minimum atomic E-state index is -3.45. The van der Waals surface area contributed by atoms with Crippen LogP contribution in [0.15, 0.2) is 40.1 Å². The summed E-state index contributed by atoms with van der Waals surface area (Å²) in [6.07, 6.45) is -0.00639. The Balaban J connectivity index is 2.44. The van der Waals surface area contributed by atoms with Gasteiger partial charge in [-0.2, -0.15) is 0 Å². The number of benzene rings is 1. The lowest BCUT2D eigenvalue weighted by Crippen LogP contribution is -2.19. The highest BCUT2D eigenvalue weighted by Crippen LogP contribution is 2.46. The number of rotatable bonds is 6. The second-order valence-electron chi connectivity index (χ2n) is 7.86. The highest BCUT2D eigenvalue weighted by Gasteiger charge is 2.30. The molecule has 0 bridgehead atoms. The van der Waals surface area contributed by atoms with E-state index in [2.05, 4.69) is 34.6 Å². The van der Waals surface area contributed by atoms with Gasteiger partial charge in [0, 0.05) is 25.4 Å². The van der Waals surface area contributed by atoms with Crippen molar-refractivity contribution in [2.75, 3.05) is 0 Å². The number of hydrogen-bond donors (Lipinski definition) is 0. The van der Waals surface area contributed by atoms with E-state index in [4.69, 9.17) is 4.43 Å². The van der Waals surface area contributed by atoms with Crippen LogP contribution < -0.4 is 0 Å². The molecule has 0 N–H and O–H groups in total. The highest BCUT2D eigenvalue weighted by atomic mass is 33.1. The maximum atomic E-state index is 12.9. The number of hydrogen-bond acceptors (Lipinski definition) is 5. The lowest BCUT2D eigenvalue weighted by molar-refractivity contribution is 0.100. The van der Waals surface area contributed by atoms with E-state index in [1.165, 1.54) is 0 Å². The van der Waals surface area contributed by atoms with Crippen LogP contribution in [0.2, 0.25) is 0 Å². The number of thiophene rings is 1. The first-order chi connectivity index (χ1) is 12.0. The predicted molar refractivity (Wildman–Crippen MR) is 116 cm³/mol. The van der Waals surface area contributed by atoms with Crippen LogP contribution in [0.5, 0.6) is 0 Å². The molecule has 26 heavy (non-hydrogen) atoms. The molecule has 0 aliphatic rings. The predicted octanol–water partition coefficient (Wildman–Crippen LogP) is 5.05. The SMILES string of the molecule is Cc1ccc(S(=O)(=O)Sc2cc(C(O[SiH3])C(C)(C)C)sc2C(C)C)cc1. The molecule has 0 aliphatic carbocycles. The Labute approximate surface area is 168 Å². The second-order valence-corrected chi connectivity index (χ2v) is 13.3. The Morgan fingerprint density at radius 1 is 1.15 bits per heavy atom. The van der Waals surface area contributed by atoms with E-state index in [0.717, 1.165) is 31.0 Å². The van der Waals surface area contributed by atoms with Crippen molar-refractivity contribution in [3.8, 4) is 0 Å². The van der Waals surface area contributed by atoms with E-state index in [1.54, 1.807) is 23.5 Å². The molecule has 2 aromatic rings. The molecule has 1 heterocycles. The van der Waals surface area contributed by atoms with Gasteiger partial charge in [-0.3, -0.25) is 0 Å². The van der Waals surface area contributed by atoms with Gasteiger partial charge in [-0.1, -0.05) is 52.3 Å². The number of aryl methyl sites for hydroxylation is 1. The monoisotopic (exact) mass is 428 g/mol. The highest BCUT2D eigenvalue weighted by molar-refractivity contribution is 8.72. The van der Waals surface area contributed by atoms with Crippen molar-refractivity contribution in [1.82, 2.24) is 0 Å². The van der Waals surface area contributed by atoms with Crippen LogP contribution in [0.25, 0.3) is 0 Å². The molecular weight excluding hydrogens is 400 g/mol. The average molecular weight is 429 g/mol. The summed E-state index contributed by atoms with van der Waals surface area (Å²) in [5.74, 6) is 0.263. The molecule has 0 saturated carbocycles. The van der Waals surface area contributed by atoms with Crippen molar-refractivity contribution in [2.24, 2.45) is 5.41 Å². The Morgan fingerprint density at radius 3 is 2.19 bits per heavy atom. The molecule has 3 nitrogen and oxygen atoms in total. The maximum absolute atomic E-state index is 12.9. The molecule has 0 saturated heterocycles. The molecule has 0 fully saturated rings. The van der Waals surface area contributed by atoms with Crippen molar-refractivity contribution in [3.63, 3.8) is 0 Å². The van der Waals surface area contributed by atoms with Crippen molar-refractivity contribution >= 4 is 41.5 Å². The zero-order valence-corrected chi connectivity index (χ0v) is 20.9. The summed E-state index contributed by atoms with van der Waals surface area (Å²) in [6.45, 7) is 12.6. The van der Waals surface area contributed by atoms with Gasteiger partial charge in [0.2, 0.25) is 8.87 Å². The van der Waals surface area contributed by atoms with E-state index < -0.39 is 8.87 Å². The molecule has 1 aromatic heterocycles. The van der Waals surface area contributed by atoms with Gasteiger partial charge < -0.3 is 4.43 Å². The van der Waals surface area contributed by atoms with Crippen LogP contribution in [0.3, 0.4) is 0 Å². The summed E-state index contributed by atoms with van der Waals surface area (Å²) in [7, 11) is -1.85. The quantitative estimate of drug-likeness (QED) is 0.477. The largest absolute Gasteiger partial charge is 0.420 e. The third-order valence-electron chi connectivity index (χ3n) is 4.06.